The molecule has 0 aromatic heterocycles. The standard InChI is InChI=1S/C14H22BrNO2S/c1-11(19-2)6-7-16-9-13(17)10-18-14-5-3-4-12(15)8-14/h3-5,8,11,13,16-17H,6-7,9-10H2,1-2H3. The van der Waals surface area contributed by atoms with E-state index in [2.05, 4.69) is 34.4 Å². The molecular weight excluding hydrogens is 326 g/mol. The van der Waals surface area contributed by atoms with Crippen LogP contribution in [0.4, 0.5) is 0 Å². The monoisotopic (exact) mass is 347 g/mol. The summed E-state index contributed by atoms with van der Waals surface area (Å²) in [5.41, 5.74) is 0. The smallest absolute Gasteiger partial charge is 0.120 e. The quantitative estimate of drug-likeness (QED) is 0.674. The summed E-state index contributed by atoms with van der Waals surface area (Å²) < 4.78 is 6.50. The Labute approximate surface area is 128 Å². The lowest BCUT2D eigenvalue weighted by Crippen LogP contribution is -2.32. The van der Waals surface area contributed by atoms with Crippen molar-refractivity contribution in [2.45, 2.75) is 24.7 Å². The molecule has 2 unspecified atom stereocenters. The number of rotatable bonds is 9. The molecule has 0 bridgehead atoms. The number of benzene rings is 1. The van der Waals surface area contributed by atoms with Crippen molar-refractivity contribution in [3.63, 3.8) is 0 Å². The summed E-state index contributed by atoms with van der Waals surface area (Å²) in [4.78, 5) is 0. The molecule has 0 amide bonds. The Morgan fingerprint density at radius 2 is 2.26 bits per heavy atom. The molecule has 108 valence electrons. The van der Waals surface area contributed by atoms with Gasteiger partial charge < -0.3 is 15.2 Å². The van der Waals surface area contributed by atoms with Crippen LogP contribution in [0.1, 0.15) is 13.3 Å². The topological polar surface area (TPSA) is 41.5 Å². The van der Waals surface area contributed by atoms with Crippen LogP contribution in [0.3, 0.4) is 0 Å². The molecule has 0 aliphatic heterocycles. The maximum Gasteiger partial charge on any atom is 0.120 e. The van der Waals surface area contributed by atoms with E-state index in [0.717, 1.165) is 23.2 Å². The summed E-state index contributed by atoms with van der Waals surface area (Å²) >= 11 is 5.24. The second-order valence-electron chi connectivity index (χ2n) is 4.46. The minimum absolute atomic E-state index is 0.307. The van der Waals surface area contributed by atoms with Crippen LogP contribution < -0.4 is 10.1 Å². The highest BCUT2D eigenvalue weighted by Gasteiger charge is 2.05. The van der Waals surface area contributed by atoms with Crippen LogP contribution in [0.2, 0.25) is 0 Å². The van der Waals surface area contributed by atoms with E-state index in [0.29, 0.717) is 18.4 Å². The first-order valence-electron chi connectivity index (χ1n) is 6.41. The number of thioether (sulfide) groups is 1. The number of aliphatic hydroxyl groups is 1. The normalized spacial score (nSPS) is 14.1. The summed E-state index contributed by atoms with van der Waals surface area (Å²) in [6.45, 7) is 4.01. The van der Waals surface area contributed by atoms with Gasteiger partial charge in [-0.25, -0.2) is 0 Å². The molecule has 0 spiro atoms. The number of aliphatic hydroxyl groups excluding tert-OH is 1. The van der Waals surface area contributed by atoms with Crippen LogP contribution in [0, 0.1) is 0 Å². The molecule has 0 aliphatic carbocycles. The van der Waals surface area contributed by atoms with E-state index in [1.807, 2.05) is 36.0 Å². The predicted octanol–water partition coefficient (Wildman–Crippen LogP) is 2.92. The molecule has 2 N–H and O–H groups in total. The van der Waals surface area contributed by atoms with Crippen molar-refractivity contribution in [3.8, 4) is 5.75 Å². The largest absolute Gasteiger partial charge is 0.491 e. The lowest BCUT2D eigenvalue weighted by Gasteiger charge is -2.14. The van der Waals surface area contributed by atoms with Crippen molar-refractivity contribution < 1.29 is 9.84 Å². The van der Waals surface area contributed by atoms with E-state index in [1.165, 1.54) is 0 Å². The summed E-state index contributed by atoms with van der Waals surface area (Å²) in [6, 6.07) is 7.62. The molecule has 5 heteroatoms. The zero-order valence-corrected chi connectivity index (χ0v) is 13.8. The van der Waals surface area contributed by atoms with Crippen LogP contribution in [-0.2, 0) is 0 Å². The molecule has 0 radical (unpaired) electrons. The van der Waals surface area contributed by atoms with Crippen LogP contribution in [0.15, 0.2) is 28.7 Å². The minimum atomic E-state index is -0.483. The Morgan fingerprint density at radius 3 is 2.95 bits per heavy atom. The van der Waals surface area contributed by atoms with Gasteiger partial charge >= 0.3 is 0 Å². The van der Waals surface area contributed by atoms with E-state index in [4.69, 9.17) is 4.74 Å². The molecule has 0 aliphatic rings. The molecule has 0 saturated heterocycles. The van der Waals surface area contributed by atoms with Crippen molar-refractivity contribution in [2.24, 2.45) is 0 Å². The number of nitrogens with one attached hydrogen (secondary N) is 1. The Kier molecular flexibility index (Phi) is 8.53. The Hall–Kier alpha value is -0.230. The average molecular weight is 348 g/mol. The van der Waals surface area contributed by atoms with Crippen LogP contribution >= 0.6 is 27.7 Å². The highest BCUT2D eigenvalue weighted by atomic mass is 79.9. The maximum absolute atomic E-state index is 9.80. The van der Waals surface area contributed by atoms with Crippen molar-refractivity contribution in [1.82, 2.24) is 5.32 Å². The Balaban J connectivity index is 2.12. The van der Waals surface area contributed by atoms with Gasteiger partial charge in [-0.05, 0) is 37.4 Å². The number of hydrogen-bond acceptors (Lipinski definition) is 4. The Morgan fingerprint density at radius 1 is 1.47 bits per heavy atom. The molecular formula is C14H22BrNO2S. The lowest BCUT2D eigenvalue weighted by molar-refractivity contribution is 0.106. The highest BCUT2D eigenvalue weighted by Crippen LogP contribution is 2.17. The van der Waals surface area contributed by atoms with Gasteiger partial charge in [-0.1, -0.05) is 28.9 Å². The molecule has 3 nitrogen and oxygen atoms in total. The van der Waals surface area contributed by atoms with E-state index >= 15 is 0 Å². The van der Waals surface area contributed by atoms with Gasteiger partial charge in [-0.3, -0.25) is 0 Å². The van der Waals surface area contributed by atoms with E-state index in [-0.39, 0.29) is 0 Å². The SMILES string of the molecule is CSC(C)CCNCC(O)COc1cccc(Br)c1. The fraction of sp³-hybridized carbons (Fsp3) is 0.571. The minimum Gasteiger partial charge on any atom is -0.491 e. The number of hydrogen-bond donors (Lipinski definition) is 2. The van der Waals surface area contributed by atoms with Crippen molar-refractivity contribution in [3.05, 3.63) is 28.7 Å². The fourth-order valence-corrected chi connectivity index (χ4v) is 2.23. The lowest BCUT2D eigenvalue weighted by atomic mass is 10.3. The van der Waals surface area contributed by atoms with E-state index < -0.39 is 6.10 Å². The molecule has 0 heterocycles. The summed E-state index contributed by atoms with van der Waals surface area (Å²) in [6.07, 6.45) is 2.75. The highest BCUT2D eigenvalue weighted by molar-refractivity contribution is 9.10. The molecule has 0 fully saturated rings. The first kappa shape index (κ1) is 16.8. The maximum atomic E-state index is 9.80. The third-order valence-corrected chi connectivity index (χ3v) is 4.28. The van der Waals surface area contributed by atoms with Gasteiger partial charge in [-0.2, -0.15) is 11.8 Å². The van der Waals surface area contributed by atoms with Gasteiger partial charge in [-0.15, -0.1) is 0 Å². The average Bonchev–Trinajstić information content (AvgIpc) is 2.41. The number of halogens is 1. The van der Waals surface area contributed by atoms with Gasteiger partial charge in [0.2, 0.25) is 0 Å². The van der Waals surface area contributed by atoms with Gasteiger partial charge in [0.1, 0.15) is 18.5 Å². The summed E-state index contributed by atoms with van der Waals surface area (Å²) in [5.74, 6) is 0.768. The molecule has 1 rings (SSSR count). The third kappa shape index (κ3) is 7.82. The van der Waals surface area contributed by atoms with Gasteiger partial charge in [0.05, 0.1) is 0 Å². The second-order valence-corrected chi connectivity index (χ2v) is 6.65. The second kappa shape index (κ2) is 9.64. The summed E-state index contributed by atoms with van der Waals surface area (Å²) in [5, 5.41) is 13.7. The molecule has 2 atom stereocenters. The third-order valence-electron chi connectivity index (χ3n) is 2.75. The van der Waals surface area contributed by atoms with Gasteiger partial charge in [0.25, 0.3) is 0 Å². The zero-order chi connectivity index (χ0) is 14.1. The first-order chi connectivity index (χ1) is 9.11. The first-order valence-corrected chi connectivity index (χ1v) is 8.50. The molecule has 19 heavy (non-hydrogen) atoms. The predicted molar refractivity (Wildman–Crippen MR) is 86.1 cm³/mol. The van der Waals surface area contributed by atoms with Crippen molar-refractivity contribution in [2.75, 3.05) is 26.0 Å². The van der Waals surface area contributed by atoms with E-state index in [1.54, 1.807) is 0 Å². The molecule has 1 aromatic carbocycles. The van der Waals surface area contributed by atoms with Crippen LogP contribution in [0.5, 0.6) is 5.75 Å². The summed E-state index contributed by atoms with van der Waals surface area (Å²) in [7, 11) is 0. The molecule has 0 saturated carbocycles. The van der Waals surface area contributed by atoms with Crippen molar-refractivity contribution >= 4 is 27.7 Å². The van der Waals surface area contributed by atoms with Crippen molar-refractivity contribution in [1.29, 1.82) is 0 Å². The van der Waals surface area contributed by atoms with Gasteiger partial charge in [0.15, 0.2) is 0 Å². The van der Waals surface area contributed by atoms with Crippen LogP contribution in [-0.4, -0.2) is 42.4 Å². The Bertz CT molecular complexity index is 365. The fourth-order valence-electron chi connectivity index (χ4n) is 1.50. The van der Waals surface area contributed by atoms with Gasteiger partial charge in [0, 0.05) is 16.3 Å². The van der Waals surface area contributed by atoms with Crippen LogP contribution in [0.25, 0.3) is 0 Å². The zero-order valence-electron chi connectivity index (χ0n) is 11.4. The number of ether oxygens (including phenoxy) is 1. The van der Waals surface area contributed by atoms with E-state index in [9.17, 15) is 5.11 Å². The molecule has 1 aromatic rings.